The monoisotopic (exact) mass is 578 g/mol. The second-order valence-electron chi connectivity index (χ2n) is 12.9. The fourth-order valence-electron chi connectivity index (χ4n) is 8.11. The van der Waals surface area contributed by atoms with Crippen molar-refractivity contribution in [2.24, 2.45) is 17.3 Å². The highest BCUT2D eigenvalue weighted by Gasteiger charge is 2.67. The molecule has 2 aromatic rings. The second-order valence-corrected chi connectivity index (χ2v) is 12.9. The van der Waals surface area contributed by atoms with Crippen LogP contribution in [0.4, 0.5) is 22.0 Å². The number of alkyl halides is 4. The van der Waals surface area contributed by atoms with Crippen molar-refractivity contribution in [3.63, 3.8) is 0 Å². The number of amides is 1. The van der Waals surface area contributed by atoms with Crippen LogP contribution >= 0.6 is 0 Å². The van der Waals surface area contributed by atoms with E-state index in [1.165, 1.54) is 18.2 Å². The Labute approximate surface area is 234 Å². The number of hydrogen-bond acceptors (Lipinski definition) is 3. The summed E-state index contributed by atoms with van der Waals surface area (Å²) in [6.45, 7) is 0.872. The first-order valence-electron chi connectivity index (χ1n) is 14.1. The van der Waals surface area contributed by atoms with Crippen molar-refractivity contribution in [1.82, 2.24) is 0 Å². The third kappa shape index (κ3) is 4.19. The Morgan fingerprint density at radius 2 is 1.66 bits per heavy atom. The number of nitrogens with zero attached hydrogens (tertiary/aromatic N) is 1. The van der Waals surface area contributed by atoms with Gasteiger partial charge in [0.15, 0.2) is 0 Å². The van der Waals surface area contributed by atoms with Gasteiger partial charge in [-0.1, -0.05) is 18.2 Å². The lowest BCUT2D eigenvalue weighted by Crippen LogP contribution is -2.73. The highest BCUT2D eigenvalue weighted by atomic mass is 19.4. The molecule has 2 heterocycles. The maximum absolute atomic E-state index is 15.0. The molecule has 0 bridgehead atoms. The normalized spacial score (nSPS) is 33.8. The fraction of sp³-hybridized carbons (Fsp3) is 0.548. The molecule has 1 spiro atoms. The largest absolute Gasteiger partial charge is 0.481 e. The van der Waals surface area contributed by atoms with E-state index < -0.39 is 34.7 Å². The van der Waals surface area contributed by atoms with Crippen molar-refractivity contribution < 1.29 is 45.9 Å². The molecule has 3 atom stereocenters. The number of carbonyl (C=O) groups is 2. The summed E-state index contributed by atoms with van der Waals surface area (Å²) in [6.07, 6.45) is -0.358. The molecule has 1 amide bonds. The van der Waals surface area contributed by atoms with E-state index in [4.69, 9.17) is 4.74 Å². The quantitative estimate of drug-likeness (QED) is 0.314. The molecule has 2 aliphatic carbocycles. The number of piperidine rings is 1. The van der Waals surface area contributed by atoms with Gasteiger partial charge in [-0.3, -0.25) is 4.79 Å². The Bertz CT molecular complexity index is 1380. The molecule has 1 N–H and O–H groups in total. The number of halogens is 5. The summed E-state index contributed by atoms with van der Waals surface area (Å²) in [5, 5.41) is 9.32. The molecule has 2 aromatic carbocycles. The Balaban J connectivity index is 1.40. The topological polar surface area (TPSA) is 63.6 Å². The van der Waals surface area contributed by atoms with Gasteiger partial charge in [0.2, 0.25) is 12.4 Å². The Morgan fingerprint density at radius 1 is 1.00 bits per heavy atom. The standard InChI is InChI=1S/C31H32F5NO4/c1-28(33,31(34,35)36)22-6-9-24-25(12-22)41-18-37(26(38)20-14-29(15-20)16-21(17-29)27(39)40)11-3-2-10-30(24,37)13-19-4-7-23(32)8-5-19/h4-9,12,20-21H,2-3,10-11,13-18H2,1H3/p+1. The van der Waals surface area contributed by atoms with Crippen LogP contribution in [0.5, 0.6) is 5.75 Å². The first kappa shape index (κ1) is 28.1. The third-order valence-electron chi connectivity index (χ3n) is 10.4. The molecule has 3 unspecified atom stereocenters. The summed E-state index contributed by atoms with van der Waals surface area (Å²) in [5.74, 6) is -1.73. The number of carboxylic acids is 1. The van der Waals surface area contributed by atoms with Crippen molar-refractivity contribution in [2.75, 3.05) is 13.3 Å². The third-order valence-corrected chi connectivity index (χ3v) is 10.4. The lowest BCUT2D eigenvalue weighted by atomic mass is 9.47. The van der Waals surface area contributed by atoms with Gasteiger partial charge in [-0.05, 0) is 80.7 Å². The molecule has 4 aliphatic rings. The van der Waals surface area contributed by atoms with Crippen LogP contribution < -0.4 is 4.74 Å². The predicted molar refractivity (Wildman–Crippen MR) is 138 cm³/mol. The molecule has 0 aromatic heterocycles. The van der Waals surface area contributed by atoms with E-state index in [2.05, 4.69) is 0 Å². The summed E-state index contributed by atoms with van der Waals surface area (Å²) in [7, 11) is 0. The molecule has 220 valence electrons. The maximum Gasteiger partial charge on any atom is 0.426 e. The Hall–Kier alpha value is -3.01. The van der Waals surface area contributed by atoms with Crippen LogP contribution in [0.15, 0.2) is 42.5 Å². The Kier molecular flexibility index (Phi) is 6.34. The second kappa shape index (κ2) is 9.24. The van der Waals surface area contributed by atoms with E-state index in [0.29, 0.717) is 57.6 Å². The molecule has 1 saturated heterocycles. The van der Waals surface area contributed by atoms with E-state index in [1.807, 2.05) is 0 Å². The van der Waals surface area contributed by atoms with Crippen molar-refractivity contribution >= 4 is 11.9 Å². The molecule has 3 fully saturated rings. The van der Waals surface area contributed by atoms with Crippen LogP contribution in [0.2, 0.25) is 0 Å². The van der Waals surface area contributed by atoms with Gasteiger partial charge in [-0.25, -0.2) is 18.1 Å². The van der Waals surface area contributed by atoms with Gasteiger partial charge < -0.3 is 9.84 Å². The van der Waals surface area contributed by atoms with Crippen LogP contribution in [-0.2, 0) is 27.2 Å². The minimum atomic E-state index is -5.12. The number of benzene rings is 2. The Morgan fingerprint density at radius 3 is 2.29 bits per heavy atom. The number of fused-ring (bicyclic) bond motifs is 3. The number of carboxylic acid groups (broad SMARTS) is 1. The van der Waals surface area contributed by atoms with E-state index in [-0.39, 0.29) is 40.1 Å². The molecular weight excluding hydrogens is 545 g/mol. The van der Waals surface area contributed by atoms with Crippen LogP contribution in [0.1, 0.15) is 68.6 Å². The van der Waals surface area contributed by atoms with Crippen LogP contribution in [0, 0.1) is 23.1 Å². The first-order chi connectivity index (χ1) is 19.2. The minimum absolute atomic E-state index is 0.00319. The maximum atomic E-state index is 15.0. The smallest absolute Gasteiger partial charge is 0.426 e. The van der Waals surface area contributed by atoms with Gasteiger partial charge in [-0.2, -0.15) is 13.2 Å². The van der Waals surface area contributed by atoms with Crippen molar-refractivity contribution in [3.8, 4) is 5.75 Å². The average Bonchev–Trinajstić information content (AvgIpc) is 2.87. The zero-order valence-electron chi connectivity index (χ0n) is 22.8. The van der Waals surface area contributed by atoms with Crippen molar-refractivity contribution in [1.29, 1.82) is 0 Å². The van der Waals surface area contributed by atoms with E-state index in [1.54, 1.807) is 12.1 Å². The average molecular weight is 579 g/mol. The number of hydrogen-bond donors (Lipinski definition) is 1. The number of rotatable bonds is 5. The lowest BCUT2D eigenvalue weighted by Gasteiger charge is -2.61. The molecule has 10 heteroatoms. The summed E-state index contributed by atoms with van der Waals surface area (Å²) in [6, 6.07) is 9.73. The molecule has 0 radical (unpaired) electrons. The van der Waals surface area contributed by atoms with Crippen LogP contribution in [0.3, 0.4) is 0 Å². The highest BCUT2D eigenvalue weighted by molar-refractivity contribution is 5.76. The predicted octanol–water partition coefficient (Wildman–Crippen LogP) is 6.78. The molecule has 6 rings (SSSR count). The summed E-state index contributed by atoms with van der Waals surface area (Å²) in [5.41, 5.74) is -3.83. The summed E-state index contributed by atoms with van der Waals surface area (Å²) in [4.78, 5) is 25.9. The molecule has 2 saturated carbocycles. The van der Waals surface area contributed by atoms with Crippen LogP contribution in [-0.4, -0.2) is 40.9 Å². The highest BCUT2D eigenvalue weighted by Crippen LogP contribution is 2.63. The molecule has 2 aliphatic heterocycles. The van der Waals surface area contributed by atoms with E-state index in [0.717, 1.165) is 30.5 Å². The molecular formula is C31H33F5NO4+. The fourth-order valence-corrected chi connectivity index (χ4v) is 8.11. The summed E-state index contributed by atoms with van der Waals surface area (Å²) < 4.78 is 75.5. The van der Waals surface area contributed by atoms with Gasteiger partial charge in [-0.15, -0.1) is 0 Å². The number of carbonyl (C=O) groups excluding carboxylic acids is 1. The van der Waals surface area contributed by atoms with Crippen LogP contribution in [0.25, 0.3) is 0 Å². The zero-order chi connectivity index (χ0) is 29.4. The molecule has 5 nitrogen and oxygen atoms in total. The lowest BCUT2D eigenvalue weighted by molar-refractivity contribution is -0.940. The van der Waals surface area contributed by atoms with E-state index in [9.17, 15) is 36.6 Å². The van der Waals surface area contributed by atoms with E-state index >= 15 is 0 Å². The van der Waals surface area contributed by atoms with Gasteiger partial charge >= 0.3 is 18.1 Å². The van der Waals surface area contributed by atoms with Gasteiger partial charge in [0.1, 0.15) is 17.1 Å². The number of aliphatic carboxylic acids is 1. The SMILES string of the molecule is CC(F)(c1ccc2c(c1)OC[N+]1(C(=O)C3CC4(CC(C(=O)O)C4)C3)CCCCC21Cc1ccc(F)cc1)C(F)(F)F. The molecule has 41 heavy (non-hydrogen) atoms. The number of quaternary nitrogens is 1. The van der Waals surface area contributed by atoms with Gasteiger partial charge in [0.05, 0.1) is 23.9 Å². The zero-order valence-corrected chi connectivity index (χ0v) is 22.8. The minimum Gasteiger partial charge on any atom is -0.481 e. The van der Waals surface area contributed by atoms with Gasteiger partial charge in [0, 0.05) is 18.4 Å². The van der Waals surface area contributed by atoms with Crippen molar-refractivity contribution in [3.05, 3.63) is 65.0 Å². The summed E-state index contributed by atoms with van der Waals surface area (Å²) >= 11 is 0. The van der Waals surface area contributed by atoms with Gasteiger partial charge in [0.25, 0.3) is 0 Å². The first-order valence-corrected chi connectivity index (χ1v) is 14.1. The number of ether oxygens (including phenoxy) is 1. The van der Waals surface area contributed by atoms with Crippen molar-refractivity contribution in [2.45, 2.75) is 75.7 Å².